The lowest BCUT2D eigenvalue weighted by Gasteiger charge is -2.32. The molecule has 1 heteroatoms. The second-order valence-corrected chi connectivity index (χ2v) is 17.7. The van der Waals surface area contributed by atoms with Crippen molar-refractivity contribution in [3.63, 3.8) is 0 Å². The van der Waals surface area contributed by atoms with E-state index in [0.29, 0.717) is 0 Å². The molecule has 0 radical (unpaired) electrons. The van der Waals surface area contributed by atoms with Crippen LogP contribution in [0.5, 0.6) is 0 Å². The first kappa shape index (κ1) is 33.9. The Morgan fingerprint density at radius 2 is 0.754 bits per heavy atom. The first-order valence-electron chi connectivity index (χ1n) is 20.3. The SMILES string of the molecule is CC(C)(C)c1ccc(-c2ccc(N(c3ccc4c(c3)-c3ccccc3C4(C)C)c3ccc4c(c3)C3(c5ccccc5-c5ccccc53)c3ccccc3-4)cc2)cc1. The molecule has 8 aromatic rings. The van der Waals surface area contributed by atoms with Gasteiger partial charge in [-0.05, 0) is 125 Å². The average molecular weight is 732 g/mol. The molecule has 1 nitrogen and oxygen atoms in total. The highest BCUT2D eigenvalue weighted by Crippen LogP contribution is 2.63. The number of rotatable bonds is 4. The molecular weight excluding hydrogens is 687 g/mol. The fourth-order valence-electron chi connectivity index (χ4n) is 10.5. The molecule has 11 rings (SSSR count). The minimum atomic E-state index is -0.412. The second-order valence-electron chi connectivity index (χ2n) is 17.7. The van der Waals surface area contributed by atoms with Gasteiger partial charge in [-0.1, -0.05) is 180 Å². The summed E-state index contributed by atoms with van der Waals surface area (Å²) in [5.74, 6) is 0. The monoisotopic (exact) mass is 731 g/mol. The number of hydrogen-bond donors (Lipinski definition) is 0. The van der Waals surface area contributed by atoms with E-state index < -0.39 is 5.41 Å². The summed E-state index contributed by atoms with van der Waals surface area (Å²) in [6, 6.07) is 68.8. The third-order valence-electron chi connectivity index (χ3n) is 13.3. The largest absolute Gasteiger partial charge is 0.310 e. The van der Waals surface area contributed by atoms with E-state index in [9.17, 15) is 0 Å². The number of anilines is 3. The Bertz CT molecular complexity index is 2840. The van der Waals surface area contributed by atoms with Crippen LogP contribution in [0.4, 0.5) is 17.1 Å². The number of nitrogens with zero attached hydrogens (tertiary/aromatic N) is 1. The Labute approximate surface area is 336 Å². The molecule has 0 unspecified atom stereocenters. The van der Waals surface area contributed by atoms with E-state index in [-0.39, 0.29) is 10.8 Å². The van der Waals surface area contributed by atoms with Crippen molar-refractivity contribution in [3.05, 3.63) is 221 Å². The van der Waals surface area contributed by atoms with Crippen molar-refractivity contribution >= 4 is 17.1 Å². The molecule has 0 heterocycles. The van der Waals surface area contributed by atoms with Crippen LogP contribution >= 0.6 is 0 Å². The highest BCUT2D eigenvalue weighted by Gasteiger charge is 2.51. The zero-order valence-electron chi connectivity index (χ0n) is 33.3. The molecule has 0 amide bonds. The lowest BCUT2D eigenvalue weighted by atomic mass is 9.70. The van der Waals surface area contributed by atoms with Gasteiger partial charge in [0.1, 0.15) is 0 Å². The molecule has 3 aliphatic rings. The second kappa shape index (κ2) is 12.0. The van der Waals surface area contributed by atoms with Gasteiger partial charge in [0, 0.05) is 22.5 Å². The maximum Gasteiger partial charge on any atom is 0.0726 e. The fraction of sp³-hybridized carbons (Fsp3) is 0.143. The molecule has 0 bridgehead atoms. The molecule has 0 saturated carbocycles. The van der Waals surface area contributed by atoms with Crippen LogP contribution in [0, 0.1) is 0 Å². The Balaban J connectivity index is 1.12. The molecule has 8 aromatic carbocycles. The van der Waals surface area contributed by atoms with Crippen LogP contribution in [0.1, 0.15) is 73.6 Å². The summed E-state index contributed by atoms with van der Waals surface area (Å²) in [6.45, 7) is 11.5. The Morgan fingerprint density at radius 1 is 0.351 bits per heavy atom. The maximum absolute atomic E-state index is 2.50. The zero-order valence-corrected chi connectivity index (χ0v) is 33.3. The Kier molecular flexibility index (Phi) is 7.15. The van der Waals surface area contributed by atoms with Crippen molar-refractivity contribution in [1.29, 1.82) is 0 Å². The topological polar surface area (TPSA) is 3.24 Å². The van der Waals surface area contributed by atoms with Gasteiger partial charge in [0.25, 0.3) is 0 Å². The summed E-state index contributed by atoms with van der Waals surface area (Å²) in [6.07, 6.45) is 0. The van der Waals surface area contributed by atoms with Crippen LogP contribution < -0.4 is 4.90 Å². The minimum Gasteiger partial charge on any atom is -0.310 e. The molecule has 1 spiro atoms. The summed E-state index contributed by atoms with van der Waals surface area (Å²) in [4.78, 5) is 2.48. The van der Waals surface area contributed by atoms with E-state index in [0.717, 1.165) is 17.1 Å². The van der Waals surface area contributed by atoms with Crippen molar-refractivity contribution in [2.75, 3.05) is 4.90 Å². The molecule has 274 valence electrons. The molecule has 0 aromatic heterocycles. The molecule has 3 aliphatic carbocycles. The number of benzene rings is 8. The minimum absolute atomic E-state index is 0.0611. The molecule has 0 N–H and O–H groups in total. The van der Waals surface area contributed by atoms with Crippen LogP contribution in [-0.4, -0.2) is 0 Å². The summed E-state index contributed by atoms with van der Waals surface area (Å²) < 4.78 is 0. The summed E-state index contributed by atoms with van der Waals surface area (Å²) in [5.41, 5.74) is 23.0. The molecular formula is C56H45N. The van der Waals surface area contributed by atoms with Crippen molar-refractivity contribution < 1.29 is 0 Å². The van der Waals surface area contributed by atoms with Gasteiger partial charge in [-0.3, -0.25) is 0 Å². The van der Waals surface area contributed by atoms with Gasteiger partial charge in [-0.25, -0.2) is 0 Å². The van der Waals surface area contributed by atoms with Gasteiger partial charge in [0.05, 0.1) is 5.41 Å². The maximum atomic E-state index is 2.50. The molecule has 57 heavy (non-hydrogen) atoms. The summed E-state index contributed by atoms with van der Waals surface area (Å²) >= 11 is 0. The van der Waals surface area contributed by atoms with Gasteiger partial charge in [0.15, 0.2) is 0 Å². The summed E-state index contributed by atoms with van der Waals surface area (Å²) in [7, 11) is 0. The highest BCUT2D eigenvalue weighted by molar-refractivity contribution is 5.96. The predicted molar refractivity (Wildman–Crippen MR) is 239 cm³/mol. The number of hydrogen-bond acceptors (Lipinski definition) is 1. The van der Waals surface area contributed by atoms with Gasteiger partial charge < -0.3 is 4.90 Å². The highest BCUT2D eigenvalue weighted by atomic mass is 15.1. The van der Waals surface area contributed by atoms with E-state index in [2.05, 4.69) is 222 Å². The third kappa shape index (κ3) is 4.75. The van der Waals surface area contributed by atoms with Gasteiger partial charge in [-0.15, -0.1) is 0 Å². The molecule has 0 saturated heterocycles. The zero-order chi connectivity index (χ0) is 38.7. The molecule has 0 aliphatic heterocycles. The standard InChI is InChI=1S/C56H45N/c1-54(2,3)38-26-22-36(23-27-38)37-24-28-39(29-25-37)57(40-31-33-49-47(34-40)45-17-6-10-18-48(45)55(49,4)5)41-30-32-46-44-16-9-13-21-52(44)56(53(46)35-41)50-19-11-7-14-42(50)43-15-8-12-20-51(43)56/h6-35H,1-5H3. The smallest absolute Gasteiger partial charge is 0.0726 e. The lowest BCUT2D eigenvalue weighted by molar-refractivity contribution is 0.590. The average Bonchev–Trinajstić information content (AvgIpc) is 3.79. The van der Waals surface area contributed by atoms with E-state index >= 15 is 0 Å². The Morgan fingerprint density at radius 3 is 1.30 bits per heavy atom. The van der Waals surface area contributed by atoms with E-state index in [4.69, 9.17) is 0 Å². The third-order valence-corrected chi connectivity index (χ3v) is 13.3. The first-order chi connectivity index (χ1) is 27.7. The lowest BCUT2D eigenvalue weighted by Crippen LogP contribution is -2.26. The van der Waals surface area contributed by atoms with Crippen molar-refractivity contribution in [1.82, 2.24) is 0 Å². The van der Waals surface area contributed by atoms with Crippen molar-refractivity contribution in [2.45, 2.75) is 50.9 Å². The quantitative estimate of drug-likeness (QED) is 0.174. The van der Waals surface area contributed by atoms with Crippen LogP contribution in [-0.2, 0) is 16.2 Å². The van der Waals surface area contributed by atoms with Crippen molar-refractivity contribution in [2.24, 2.45) is 0 Å². The predicted octanol–water partition coefficient (Wildman–Crippen LogP) is 14.8. The van der Waals surface area contributed by atoms with E-state index in [1.807, 2.05) is 0 Å². The fourth-order valence-corrected chi connectivity index (χ4v) is 10.5. The molecule has 0 fully saturated rings. The summed E-state index contributed by atoms with van der Waals surface area (Å²) in [5, 5.41) is 0. The van der Waals surface area contributed by atoms with Crippen LogP contribution in [0.2, 0.25) is 0 Å². The molecule has 0 atom stereocenters. The van der Waals surface area contributed by atoms with Crippen molar-refractivity contribution in [3.8, 4) is 44.5 Å². The van der Waals surface area contributed by atoms with Crippen LogP contribution in [0.15, 0.2) is 182 Å². The van der Waals surface area contributed by atoms with Crippen LogP contribution in [0.3, 0.4) is 0 Å². The first-order valence-corrected chi connectivity index (χ1v) is 20.3. The number of fused-ring (bicyclic) bond motifs is 13. The van der Waals surface area contributed by atoms with Crippen LogP contribution in [0.25, 0.3) is 44.5 Å². The van der Waals surface area contributed by atoms with Gasteiger partial charge in [-0.2, -0.15) is 0 Å². The van der Waals surface area contributed by atoms with Gasteiger partial charge >= 0.3 is 0 Å². The van der Waals surface area contributed by atoms with Gasteiger partial charge in [0.2, 0.25) is 0 Å². The Hall–Kier alpha value is -6.44. The van der Waals surface area contributed by atoms with E-state index in [1.54, 1.807) is 0 Å². The van der Waals surface area contributed by atoms with E-state index in [1.165, 1.54) is 83.5 Å². The normalized spacial score (nSPS) is 14.7.